The zero-order chi connectivity index (χ0) is 18.5. The minimum Gasteiger partial charge on any atom is -0.469 e. The molecule has 0 aromatic heterocycles. The van der Waals surface area contributed by atoms with Gasteiger partial charge in [0, 0.05) is 24.7 Å². The number of urea groups is 1. The molecule has 0 aliphatic carbocycles. The summed E-state index contributed by atoms with van der Waals surface area (Å²) in [7, 11) is 1.35. The third-order valence-electron chi connectivity index (χ3n) is 3.19. The van der Waals surface area contributed by atoms with Crippen LogP contribution in [0.1, 0.15) is 31.7 Å². The van der Waals surface area contributed by atoms with Crippen LogP contribution in [-0.2, 0) is 19.1 Å². The predicted octanol–water partition coefficient (Wildman–Crippen LogP) is 2.73. The number of ether oxygens (including phenoxy) is 2. The van der Waals surface area contributed by atoms with Gasteiger partial charge in [-0.3, -0.25) is 4.79 Å². The number of methoxy groups -OCH3 is 1. The Kier molecular flexibility index (Phi) is 9.43. The van der Waals surface area contributed by atoms with Crippen LogP contribution >= 0.6 is 0 Å². The minimum atomic E-state index is -0.392. The Labute approximate surface area is 147 Å². The first kappa shape index (κ1) is 20.2. The molecule has 0 heterocycles. The fourth-order valence-corrected chi connectivity index (χ4v) is 1.91. The van der Waals surface area contributed by atoms with Crippen LogP contribution in [-0.4, -0.2) is 38.2 Å². The van der Waals surface area contributed by atoms with Crippen molar-refractivity contribution in [3.63, 3.8) is 0 Å². The van der Waals surface area contributed by atoms with Crippen molar-refractivity contribution in [1.82, 2.24) is 5.32 Å². The fourth-order valence-electron chi connectivity index (χ4n) is 1.91. The highest BCUT2D eigenvalue weighted by atomic mass is 16.5. The Balaban J connectivity index is 2.31. The van der Waals surface area contributed by atoms with Crippen LogP contribution in [0.2, 0.25) is 0 Å². The second-order valence-electron chi connectivity index (χ2n) is 5.12. The van der Waals surface area contributed by atoms with E-state index in [1.807, 2.05) is 0 Å². The highest BCUT2D eigenvalue weighted by Crippen LogP contribution is 2.10. The van der Waals surface area contributed by atoms with E-state index in [9.17, 15) is 14.4 Å². The van der Waals surface area contributed by atoms with Gasteiger partial charge in [0.05, 0.1) is 13.7 Å². The summed E-state index contributed by atoms with van der Waals surface area (Å²) in [6.45, 7) is 2.56. The van der Waals surface area contributed by atoms with Crippen molar-refractivity contribution >= 4 is 29.7 Å². The highest BCUT2D eigenvalue weighted by molar-refractivity contribution is 5.90. The molecule has 1 aromatic rings. The number of esters is 2. The lowest BCUT2D eigenvalue weighted by atomic mass is 10.2. The van der Waals surface area contributed by atoms with Crippen molar-refractivity contribution in [1.29, 1.82) is 0 Å². The van der Waals surface area contributed by atoms with E-state index in [4.69, 9.17) is 4.74 Å². The van der Waals surface area contributed by atoms with Gasteiger partial charge in [0.1, 0.15) is 0 Å². The number of carbonyl (C=O) groups excluding carboxylic acids is 3. The lowest BCUT2D eigenvalue weighted by Gasteiger charge is -2.07. The smallest absolute Gasteiger partial charge is 0.330 e. The summed E-state index contributed by atoms with van der Waals surface area (Å²) >= 11 is 0. The van der Waals surface area contributed by atoms with Crippen molar-refractivity contribution in [3.05, 3.63) is 35.9 Å². The Hall–Kier alpha value is -2.83. The molecule has 1 aromatic carbocycles. The number of amides is 2. The Bertz CT molecular complexity index is 596. The molecular formula is C18H24N2O5. The van der Waals surface area contributed by atoms with Gasteiger partial charge in [0.15, 0.2) is 0 Å². The zero-order valence-electron chi connectivity index (χ0n) is 14.5. The number of hydrogen-bond donors (Lipinski definition) is 2. The van der Waals surface area contributed by atoms with Crippen LogP contribution < -0.4 is 10.6 Å². The van der Waals surface area contributed by atoms with Gasteiger partial charge in [-0.1, -0.05) is 12.1 Å². The van der Waals surface area contributed by atoms with E-state index in [1.165, 1.54) is 13.2 Å². The van der Waals surface area contributed by atoms with Crippen LogP contribution in [0.15, 0.2) is 30.3 Å². The van der Waals surface area contributed by atoms with Crippen molar-refractivity contribution in [2.45, 2.75) is 26.2 Å². The maximum Gasteiger partial charge on any atom is 0.330 e. The van der Waals surface area contributed by atoms with E-state index < -0.39 is 5.97 Å². The van der Waals surface area contributed by atoms with E-state index in [1.54, 1.807) is 37.3 Å². The molecule has 0 radical (unpaired) electrons. The van der Waals surface area contributed by atoms with Crippen molar-refractivity contribution in [2.24, 2.45) is 0 Å². The lowest BCUT2D eigenvalue weighted by Crippen LogP contribution is -2.29. The van der Waals surface area contributed by atoms with E-state index in [0.717, 1.165) is 5.56 Å². The normalized spacial score (nSPS) is 10.3. The summed E-state index contributed by atoms with van der Waals surface area (Å²) in [6.07, 6.45) is 4.70. The number of nitrogens with one attached hydrogen (secondary N) is 2. The van der Waals surface area contributed by atoms with Gasteiger partial charge in [0.2, 0.25) is 0 Å². The quantitative estimate of drug-likeness (QED) is 0.406. The van der Waals surface area contributed by atoms with Gasteiger partial charge in [-0.05, 0) is 43.5 Å². The summed E-state index contributed by atoms with van der Waals surface area (Å²) in [5.41, 5.74) is 1.46. The minimum absolute atomic E-state index is 0.249. The molecule has 7 heteroatoms. The summed E-state index contributed by atoms with van der Waals surface area (Å²) in [6, 6.07) is 6.72. The number of unbranched alkanes of at least 4 members (excludes halogenated alkanes) is 1. The van der Waals surface area contributed by atoms with Crippen molar-refractivity contribution in [3.8, 4) is 0 Å². The molecular weight excluding hydrogens is 324 g/mol. The molecule has 25 heavy (non-hydrogen) atoms. The number of anilines is 1. The molecule has 0 fully saturated rings. The van der Waals surface area contributed by atoms with Crippen molar-refractivity contribution in [2.75, 3.05) is 25.6 Å². The Morgan fingerprint density at radius 2 is 1.84 bits per heavy atom. The van der Waals surface area contributed by atoms with Gasteiger partial charge in [-0.2, -0.15) is 0 Å². The van der Waals surface area contributed by atoms with Gasteiger partial charge in [-0.25, -0.2) is 9.59 Å². The molecule has 1 rings (SSSR count). The third kappa shape index (κ3) is 9.14. The molecule has 7 nitrogen and oxygen atoms in total. The second kappa shape index (κ2) is 11.7. The molecule has 136 valence electrons. The topological polar surface area (TPSA) is 93.7 Å². The summed E-state index contributed by atoms with van der Waals surface area (Å²) < 4.78 is 9.34. The average molecular weight is 348 g/mol. The highest BCUT2D eigenvalue weighted by Gasteiger charge is 2.03. The SMILES string of the molecule is CCOC(=O)/C=C/c1ccc(NC(=O)NCCCCC(=O)OC)cc1. The molecule has 0 saturated heterocycles. The maximum absolute atomic E-state index is 11.7. The van der Waals surface area contributed by atoms with Crippen LogP contribution in [0.3, 0.4) is 0 Å². The monoisotopic (exact) mass is 348 g/mol. The second-order valence-corrected chi connectivity index (χ2v) is 5.12. The average Bonchev–Trinajstić information content (AvgIpc) is 2.61. The molecule has 0 aliphatic rings. The first-order valence-corrected chi connectivity index (χ1v) is 8.11. The Morgan fingerprint density at radius 1 is 1.12 bits per heavy atom. The fraction of sp³-hybridized carbons (Fsp3) is 0.389. The number of benzene rings is 1. The lowest BCUT2D eigenvalue weighted by molar-refractivity contribution is -0.140. The van der Waals surface area contributed by atoms with Crippen LogP contribution in [0, 0.1) is 0 Å². The number of hydrogen-bond acceptors (Lipinski definition) is 5. The molecule has 0 bridgehead atoms. The summed E-state index contributed by atoms with van der Waals surface area (Å²) in [5.74, 6) is -0.641. The molecule has 0 aliphatic heterocycles. The van der Waals surface area contributed by atoms with Crippen LogP contribution in [0.4, 0.5) is 10.5 Å². The van der Waals surface area contributed by atoms with Gasteiger partial charge >= 0.3 is 18.0 Å². The zero-order valence-corrected chi connectivity index (χ0v) is 14.5. The number of carbonyl (C=O) groups is 3. The molecule has 0 spiro atoms. The van der Waals surface area contributed by atoms with E-state index in [0.29, 0.717) is 38.1 Å². The summed E-state index contributed by atoms with van der Waals surface area (Å²) in [5, 5.41) is 5.42. The van der Waals surface area contributed by atoms with Crippen LogP contribution in [0.25, 0.3) is 6.08 Å². The first-order chi connectivity index (χ1) is 12.0. The maximum atomic E-state index is 11.7. The third-order valence-corrected chi connectivity index (χ3v) is 3.19. The van der Waals surface area contributed by atoms with Gasteiger partial charge in [-0.15, -0.1) is 0 Å². The van der Waals surface area contributed by atoms with Gasteiger partial charge in [0.25, 0.3) is 0 Å². The predicted molar refractivity (Wildman–Crippen MR) is 95.0 cm³/mol. The van der Waals surface area contributed by atoms with Gasteiger partial charge < -0.3 is 20.1 Å². The summed E-state index contributed by atoms with van der Waals surface area (Å²) in [4.78, 5) is 33.9. The first-order valence-electron chi connectivity index (χ1n) is 8.11. The van der Waals surface area contributed by atoms with Crippen LogP contribution in [0.5, 0.6) is 0 Å². The standard InChI is InChI=1S/C18H24N2O5/c1-3-25-17(22)12-9-14-7-10-15(11-8-14)20-18(23)19-13-5-4-6-16(21)24-2/h7-12H,3-6,13H2,1-2H3,(H2,19,20,23)/b12-9+. The van der Waals surface area contributed by atoms with E-state index in [2.05, 4.69) is 15.4 Å². The Morgan fingerprint density at radius 3 is 2.48 bits per heavy atom. The largest absolute Gasteiger partial charge is 0.469 e. The van der Waals surface area contributed by atoms with E-state index in [-0.39, 0.29) is 12.0 Å². The molecule has 2 amide bonds. The van der Waals surface area contributed by atoms with E-state index >= 15 is 0 Å². The molecule has 0 saturated carbocycles. The molecule has 0 unspecified atom stereocenters. The number of rotatable bonds is 9. The molecule has 0 atom stereocenters. The molecule has 2 N–H and O–H groups in total. The van der Waals surface area contributed by atoms with Crippen molar-refractivity contribution < 1.29 is 23.9 Å².